The van der Waals surface area contributed by atoms with Crippen molar-refractivity contribution >= 4 is 34.0 Å². The number of azo groups is 1. The normalized spacial score (nSPS) is 15.4. The van der Waals surface area contributed by atoms with E-state index in [2.05, 4.69) is 10.2 Å². The van der Waals surface area contributed by atoms with E-state index in [1.807, 2.05) is 19.1 Å². The van der Waals surface area contributed by atoms with Crippen LogP contribution in [0.5, 0.6) is 5.88 Å². The summed E-state index contributed by atoms with van der Waals surface area (Å²) in [7, 11) is 0. The Morgan fingerprint density at radius 2 is 1.82 bits per heavy atom. The van der Waals surface area contributed by atoms with E-state index < -0.39 is 11.7 Å². The second-order valence-electron chi connectivity index (χ2n) is 6.68. The van der Waals surface area contributed by atoms with Crippen molar-refractivity contribution in [3.63, 3.8) is 0 Å². The third-order valence-corrected chi connectivity index (χ3v) is 6.12. The number of halogens is 3. The van der Waals surface area contributed by atoms with Gasteiger partial charge < -0.3 is 9.67 Å². The number of benzene rings is 2. The molecule has 4 rings (SSSR count). The highest BCUT2D eigenvalue weighted by Gasteiger charge is 2.33. The van der Waals surface area contributed by atoms with Gasteiger partial charge in [-0.15, -0.1) is 5.11 Å². The van der Waals surface area contributed by atoms with Crippen LogP contribution >= 0.6 is 11.8 Å². The first-order valence-electron chi connectivity index (χ1n) is 8.91. The standard InChI is InChI=1S/C20H18F3N3OS/c1-2-12-3-6-14(7-4-12)24-25-18-16-9-13(20(21,22)23)5-8-17(16)26(19(18)27)15-10-28-11-15/h3-9,15,27H,2,10-11H2,1H3. The smallest absolute Gasteiger partial charge is 0.416 e. The van der Waals surface area contributed by atoms with Gasteiger partial charge in [0.2, 0.25) is 5.88 Å². The van der Waals surface area contributed by atoms with Gasteiger partial charge in [0.1, 0.15) is 0 Å². The van der Waals surface area contributed by atoms with Crippen molar-refractivity contribution in [1.82, 2.24) is 4.57 Å². The molecule has 28 heavy (non-hydrogen) atoms. The van der Waals surface area contributed by atoms with Crippen molar-refractivity contribution in [3.8, 4) is 5.88 Å². The molecule has 0 unspecified atom stereocenters. The Hall–Kier alpha value is -2.48. The van der Waals surface area contributed by atoms with Crippen LogP contribution < -0.4 is 0 Å². The minimum Gasteiger partial charge on any atom is -0.493 e. The summed E-state index contributed by atoms with van der Waals surface area (Å²) in [5, 5.41) is 19.2. The Balaban J connectivity index is 1.82. The fourth-order valence-corrected chi connectivity index (χ4v) is 3.95. The minimum atomic E-state index is -4.47. The largest absolute Gasteiger partial charge is 0.493 e. The molecule has 4 nitrogen and oxygen atoms in total. The lowest BCUT2D eigenvalue weighted by Crippen LogP contribution is -2.22. The minimum absolute atomic E-state index is 0.0389. The van der Waals surface area contributed by atoms with Crippen LogP contribution in [0.4, 0.5) is 24.5 Å². The molecule has 0 aliphatic carbocycles. The molecule has 0 atom stereocenters. The lowest BCUT2D eigenvalue weighted by Gasteiger charge is -2.27. The average Bonchev–Trinajstić information content (AvgIpc) is 2.90. The van der Waals surface area contributed by atoms with Crippen LogP contribution in [0.25, 0.3) is 10.9 Å². The molecule has 1 N–H and O–H groups in total. The van der Waals surface area contributed by atoms with E-state index in [-0.39, 0.29) is 23.0 Å². The molecule has 0 radical (unpaired) electrons. The number of aromatic hydroxyl groups is 1. The quantitative estimate of drug-likeness (QED) is 0.495. The van der Waals surface area contributed by atoms with Crippen molar-refractivity contribution in [2.24, 2.45) is 10.2 Å². The maximum atomic E-state index is 13.2. The highest BCUT2D eigenvalue weighted by molar-refractivity contribution is 8.00. The van der Waals surface area contributed by atoms with E-state index in [1.54, 1.807) is 28.5 Å². The van der Waals surface area contributed by atoms with E-state index >= 15 is 0 Å². The lowest BCUT2D eigenvalue weighted by molar-refractivity contribution is -0.137. The highest BCUT2D eigenvalue weighted by Crippen LogP contribution is 2.46. The van der Waals surface area contributed by atoms with Gasteiger partial charge in [0.05, 0.1) is 22.8 Å². The second kappa shape index (κ2) is 7.16. The third kappa shape index (κ3) is 3.37. The van der Waals surface area contributed by atoms with E-state index in [4.69, 9.17) is 0 Å². The Morgan fingerprint density at radius 1 is 1.11 bits per heavy atom. The molecule has 1 fully saturated rings. The molecule has 2 aromatic carbocycles. The molecule has 1 aliphatic rings. The van der Waals surface area contributed by atoms with Crippen LogP contribution in [0.3, 0.4) is 0 Å². The maximum Gasteiger partial charge on any atom is 0.416 e. The summed E-state index contributed by atoms with van der Waals surface area (Å²) in [6.07, 6.45) is -3.58. The van der Waals surface area contributed by atoms with Crippen molar-refractivity contribution in [2.45, 2.75) is 25.6 Å². The third-order valence-electron chi connectivity index (χ3n) is 4.87. The summed E-state index contributed by atoms with van der Waals surface area (Å²) in [5.41, 5.74) is 1.55. The Kier molecular flexibility index (Phi) is 4.82. The Morgan fingerprint density at radius 3 is 2.39 bits per heavy atom. The van der Waals surface area contributed by atoms with Gasteiger partial charge in [-0.25, -0.2) is 0 Å². The number of nitrogens with zero attached hydrogens (tertiary/aromatic N) is 3. The van der Waals surface area contributed by atoms with Gasteiger partial charge in [-0.05, 0) is 42.3 Å². The van der Waals surface area contributed by atoms with E-state index in [9.17, 15) is 18.3 Å². The number of alkyl halides is 3. The first-order valence-corrected chi connectivity index (χ1v) is 10.1. The van der Waals surface area contributed by atoms with Crippen LogP contribution in [-0.2, 0) is 12.6 Å². The fourth-order valence-electron chi connectivity index (χ4n) is 3.21. The fraction of sp³-hybridized carbons (Fsp3) is 0.300. The predicted octanol–water partition coefficient (Wildman–Crippen LogP) is 6.63. The summed E-state index contributed by atoms with van der Waals surface area (Å²) in [4.78, 5) is 0. The number of aromatic nitrogens is 1. The predicted molar refractivity (Wildman–Crippen MR) is 105 cm³/mol. The monoisotopic (exact) mass is 405 g/mol. The molecular formula is C20H18F3N3OS. The van der Waals surface area contributed by atoms with Gasteiger partial charge in [-0.2, -0.15) is 30.0 Å². The number of aryl methyl sites for hydroxylation is 1. The number of hydrogen-bond acceptors (Lipinski definition) is 4. The van der Waals surface area contributed by atoms with Crippen LogP contribution in [0.15, 0.2) is 52.7 Å². The lowest BCUT2D eigenvalue weighted by atomic mass is 10.1. The molecule has 1 aliphatic heterocycles. The van der Waals surface area contributed by atoms with Crippen LogP contribution in [0.1, 0.15) is 24.1 Å². The topological polar surface area (TPSA) is 49.9 Å². The van der Waals surface area contributed by atoms with Crippen molar-refractivity contribution < 1.29 is 18.3 Å². The molecule has 0 spiro atoms. The van der Waals surface area contributed by atoms with Crippen LogP contribution in [0, 0.1) is 0 Å². The average molecular weight is 405 g/mol. The van der Waals surface area contributed by atoms with E-state index in [0.717, 1.165) is 35.6 Å². The van der Waals surface area contributed by atoms with Crippen LogP contribution in [-0.4, -0.2) is 21.2 Å². The first-order chi connectivity index (χ1) is 13.4. The van der Waals surface area contributed by atoms with Gasteiger partial charge >= 0.3 is 6.18 Å². The summed E-state index contributed by atoms with van der Waals surface area (Å²) < 4.78 is 41.2. The summed E-state index contributed by atoms with van der Waals surface area (Å²) in [6, 6.07) is 10.9. The van der Waals surface area contributed by atoms with Crippen molar-refractivity contribution in [3.05, 3.63) is 53.6 Å². The molecule has 0 saturated carbocycles. The van der Waals surface area contributed by atoms with Gasteiger partial charge in [0, 0.05) is 16.9 Å². The molecule has 0 amide bonds. The Labute approximate surface area is 164 Å². The highest BCUT2D eigenvalue weighted by atomic mass is 32.2. The number of thioether (sulfide) groups is 1. The number of hydrogen-bond donors (Lipinski definition) is 1. The van der Waals surface area contributed by atoms with E-state index in [1.165, 1.54) is 6.07 Å². The first kappa shape index (κ1) is 18.9. The molecule has 146 valence electrons. The number of fused-ring (bicyclic) bond motifs is 1. The summed E-state index contributed by atoms with van der Waals surface area (Å²) >= 11 is 1.72. The zero-order chi connectivity index (χ0) is 19.9. The van der Waals surface area contributed by atoms with Crippen LogP contribution in [0.2, 0.25) is 0 Å². The van der Waals surface area contributed by atoms with Crippen molar-refractivity contribution in [2.75, 3.05) is 11.5 Å². The van der Waals surface area contributed by atoms with E-state index in [0.29, 0.717) is 11.2 Å². The summed E-state index contributed by atoms with van der Waals surface area (Å²) in [6.45, 7) is 2.04. The molecule has 8 heteroatoms. The zero-order valence-corrected chi connectivity index (χ0v) is 15.9. The zero-order valence-electron chi connectivity index (χ0n) is 15.1. The van der Waals surface area contributed by atoms with Gasteiger partial charge in [0.25, 0.3) is 0 Å². The molecular weight excluding hydrogens is 387 g/mol. The Bertz CT molecular complexity index is 1040. The SMILES string of the molecule is CCc1ccc(N=Nc2c(O)n(C3CSC3)c3ccc(C(F)(F)F)cc23)cc1. The molecule has 3 aromatic rings. The van der Waals surface area contributed by atoms with Gasteiger partial charge in [-0.3, -0.25) is 0 Å². The molecule has 0 bridgehead atoms. The van der Waals surface area contributed by atoms with Gasteiger partial charge in [0.15, 0.2) is 5.69 Å². The molecule has 1 aromatic heterocycles. The maximum absolute atomic E-state index is 13.2. The van der Waals surface area contributed by atoms with Crippen molar-refractivity contribution in [1.29, 1.82) is 0 Å². The summed E-state index contributed by atoms with van der Waals surface area (Å²) in [5.74, 6) is 1.45. The molecule has 1 saturated heterocycles. The second-order valence-corrected chi connectivity index (χ2v) is 7.76. The van der Waals surface area contributed by atoms with Gasteiger partial charge in [-0.1, -0.05) is 19.1 Å². The number of rotatable bonds is 4. The molecule has 2 heterocycles.